The number of nitrogens with one attached hydrogen (secondary N) is 2. The molecule has 4 nitrogen and oxygen atoms in total. The zero-order valence-corrected chi connectivity index (χ0v) is 13.2. The highest BCUT2D eigenvalue weighted by Crippen LogP contribution is 2.19. The zero-order chi connectivity index (χ0) is 14.5. The van der Waals surface area contributed by atoms with Gasteiger partial charge in [0.2, 0.25) is 0 Å². The Kier molecular flexibility index (Phi) is 5.23. The monoisotopic (exact) mass is 328 g/mol. The van der Waals surface area contributed by atoms with Gasteiger partial charge in [0.25, 0.3) is 0 Å². The second kappa shape index (κ2) is 6.92. The van der Waals surface area contributed by atoms with Gasteiger partial charge in [-0.15, -0.1) is 0 Å². The van der Waals surface area contributed by atoms with Crippen LogP contribution in [0.1, 0.15) is 5.56 Å². The molecule has 2 N–H and O–H groups in total. The second-order valence-corrected chi connectivity index (χ2v) is 5.52. The van der Waals surface area contributed by atoms with E-state index in [-0.39, 0.29) is 0 Å². The number of thiocarbonyl (C=S) groups is 1. The molecule has 1 aromatic carbocycles. The van der Waals surface area contributed by atoms with Gasteiger partial charge in [-0.3, -0.25) is 4.68 Å². The molecule has 20 heavy (non-hydrogen) atoms. The van der Waals surface area contributed by atoms with Crippen LogP contribution in [-0.2, 0) is 6.54 Å². The first-order valence-corrected chi connectivity index (χ1v) is 7.20. The van der Waals surface area contributed by atoms with Crippen LogP contribution < -0.4 is 10.6 Å². The molecular formula is C13H14Cl2N4S. The van der Waals surface area contributed by atoms with Gasteiger partial charge in [-0.2, -0.15) is 5.10 Å². The van der Waals surface area contributed by atoms with Crippen molar-refractivity contribution < 1.29 is 0 Å². The zero-order valence-electron chi connectivity index (χ0n) is 10.9. The Bertz CT molecular complexity index is 612. The molecule has 0 aliphatic rings. The maximum absolute atomic E-state index is 6.06. The van der Waals surface area contributed by atoms with Crippen LogP contribution in [-0.4, -0.2) is 21.4 Å². The molecule has 0 fully saturated rings. The van der Waals surface area contributed by atoms with Crippen molar-refractivity contribution in [2.24, 2.45) is 0 Å². The van der Waals surface area contributed by atoms with Crippen molar-refractivity contribution in [2.45, 2.75) is 13.5 Å². The topological polar surface area (TPSA) is 41.9 Å². The van der Waals surface area contributed by atoms with Crippen LogP contribution in [0.3, 0.4) is 0 Å². The Morgan fingerprint density at radius 1 is 1.40 bits per heavy atom. The quantitative estimate of drug-likeness (QED) is 0.843. The molecule has 0 aliphatic heterocycles. The number of hydrogen-bond acceptors (Lipinski definition) is 2. The summed E-state index contributed by atoms with van der Waals surface area (Å²) in [7, 11) is 0. The van der Waals surface area contributed by atoms with Gasteiger partial charge < -0.3 is 10.6 Å². The van der Waals surface area contributed by atoms with Gasteiger partial charge in [-0.1, -0.05) is 29.3 Å². The summed E-state index contributed by atoms with van der Waals surface area (Å²) in [5.41, 5.74) is 1.90. The smallest absolute Gasteiger partial charge is 0.170 e. The van der Waals surface area contributed by atoms with Crippen LogP contribution in [0, 0.1) is 6.92 Å². The van der Waals surface area contributed by atoms with E-state index in [0.29, 0.717) is 28.2 Å². The largest absolute Gasteiger partial charge is 0.361 e. The van der Waals surface area contributed by atoms with Crippen LogP contribution in [0.15, 0.2) is 30.6 Å². The summed E-state index contributed by atoms with van der Waals surface area (Å²) in [5.74, 6) is 0. The van der Waals surface area contributed by atoms with Gasteiger partial charge in [0.15, 0.2) is 5.11 Å². The molecule has 0 radical (unpaired) electrons. The van der Waals surface area contributed by atoms with Gasteiger partial charge in [-0.05, 0) is 36.8 Å². The van der Waals surface area contributed by atoms with Crippen LogP contribution in [0.25, 0.3) is 0 Å². The summed E-state index contributed by atoms with van der Waals surface area (Å²) in [6.45, 7) is 3.30. The Morgan fingerprint density at radius 3 is 2.85 bits per heavy atom. The lowest BCUT2D eigenvalue weighted by atomic mass is 10.2. The van der Waals surface area contributed by atoms with E-state index in [4.69, 9.17) is 35.4 Å². The SMILES string of the molecule is Cc1ccc(NC(=S)NCCn2cc(Cl)cn2)cc1Cl. The van der Waals surface area contributed by atoms with E-state index >= 15 is 0 Å². The first-order valence-electron chi connectivity index (χ1n) is 6.03. The minimum atomic E-state index is 0.545. The standard InChI is InChI=1S/C13H14Cl2N4S/c1-9-2-3-11(6-12(9)15)18-13(20)16-4-5-19-8-10(14)7-17-19/h2-3,6-8H,4-5H2,1H3,(H2,16,18,20). The summed E-state index contributed by atoms with van der Waals surface area (Å²) >= 11 is 17.1. The Morgan fingerprint density at radius 2 is 2.20 bits per heavy atom. The lowest BCUT2D eigenvalue weighted by Gasteiger charge is -2.11. The summed E-state index contributed by atoms with van der Waals surface area (Å²) in [5, 5.41) is 12.1. The fourth-order valence-corrected chi connectivity index (χ4v) is 2.15. The predicted molar refractivity (Wildman–Crippen MR) is 87.6 cm³/mol. The average Bonchev–Trinajstić information content (AvgIpc) is 2.80. The number of hydrogen-bond donors (Lipinski definition) is 2. The lowest BCUT2D eigenvalue weighted by molar-refractivity contribution is 0.604. The van der Waals surface area contributed by atoms with Crippen LogP contribution in [0.5, 0.6) is 0 Å². The Labute approximate surface area is 133 Å². The first kappa shape index (κ1) is 15.1. The molecule has 0 atom stereocenters. The Balaban J connectivity index is 1.79. The van der Waals surface area contributed by atoms with Crippen molar-refractivity contribution in [3.05, 3.63) is 46.2 Å². The summed E-state index contributed by atoms with van der Waals surface area (Å²) in [4.78, 5) is 0. The first-order chi connectivity index (χ1) is 9.54. The maximum Gasteiger partial charge on any atom is 0.170 e. The maximum atomic E-state index is 6.06. The van der Waals surface area contributed by atoms with Crippen molar-refractivity contribution in [3.8, 4) is 0 Å². The highest BCUT2D eigenvalue weighted by atomic mass is 35.5. The van der Waals surface area contributed by atoms with E-state index < -0.39 is 0 Å². The van der Waals surface area contributed by atoms with E-state index in [9.17, 15) is 0 Å². The van der Waals surface area contributed by atoms with Gasteiger partial charge in [-0.25, -0.2) is 0 Å². The molecule has 1 heterocycles. The third-order valence-corrected chi connectivity index (χ3v) is 3.51. The Hall–Kier alpha value is -1.30. The molecule has 106 valence electrons. The molecule has 0 saturated carbocycles. The third kappa shape index (κ3) is 4.37. The number of halogens is 2. The minimum absolute atomic E-state index is 0.545. The van der Waals surface area contributed by atoms with Gasteiger partial charge in [0.1, 0.15) is 0 Å². The molecule has 0 unspecified atom stereocenters. The van der Waals surface area contributed by atoms with Gasteiger partial charge >= 0.3 is 0 Å². The molecule has 0 spiro atoms. The van der Waals surface area contributed by atoms with Crippen molar-refractivity contribution in [1.29, 1.82) is 0 Å². The number of rotatable bonds is 4. The molecule has 2 aromatic rings. The second-order valence-electron chi connectivity index (χ2n) is 4.27. The molecule has 0 aliphatic carbocycles. The highest BCUT2D eigenvalue weighted by Gasteiger charge is 2.01. The number of anilines is 1. The molecule has 1 aromatic heterocycles. The predicted octanol–water partition coefficient (Wildman–Crippen LogP) is 3.48. The van der Waals surface area contributed by atoms with E-state index in [2.05, 4.69) is 15.7 Å². The molecule has 7 heteroatoms. The summed E-state index contributed by atoms with van der Waals surface area (Å²) < 4.78 is 1.75. The van der Waals surface area contributed by atoms with Gasteiger partial charge in [0, 0.05) is 23.5 Å². The van der Waals surface area contributed by atoms with Crippen LogP contribution >= 0.6 is 35.4 Å². The lowest BCUT2D eigenvalue weighted by Crippen LogP contribution is -2.31. The van der Waals surface area contributed by atoms with Gasteiger partial charge in [0.05, 0.1) is 17.8 Å². The van der Waals surface area contributed by atoms with Crippen molar-refractivity contribution in [2.75, 3.05) is 11.9 Å². The highest BCUT2D eigenvalue weighted by molar-refractivity contribution is 7.80. The van der Waals surface area contributed by atoms with E-state index in [0.717, 1.165) is 11.3 Å². The van der Waals surface area contributed by atoms with Crippen molar-refractivity contribution >= 4 is 46.2 Å². The molecule has 0 saturated heterocycles. The fourth-order valence-electron chi connectivity index (χ4n) is 1.59. The molecule has 0 bridgehead atoms. The van der Waals surface area contributed by atoms with Crippen molar-refractivity contribution in [3.63, 3.8) is 0 Å². The number of benzene rings is 1. The molecular weight excluding hydrogens is 315 g/mol. The van der Waals surface area contributed by atoms with Crippen LogP contribution in [0.2, 0.25) is 10.0 Å². The van der Waals surface area contributed by atoms with E-state index in [1.54, 1.807) is 17.1 Å². The average molecular weight is 329 g/mol. The van der Waals surface area contributed by atoms with E-state index in [1.165, 1.54) is 0 Å². The summed E-state index contributed by atoms with van der Waals surface area (Å²) in [6.07, 6.45) is 3.37. The molecule has 2 rings (SSSR count). The normalized spacial score (nSPS) is 10.3. The minimum Gasteiger partial charge on any atom is -0.361 e. The van der Waals surface area contributed by atoms with Crippen LogP contribution in [0.4, 0.5) is 5.69 Å². The third-order valence-electron chi connectivity index (χ3n) is 2.66. The summed E-state index contributed by atoms with van der Waals surface area (Å²) in [6, 6.07) is 5.72. The number of aryl methyl sites for hydroxylation is 1. The van der Waals surface area contributed by atoms with Crippen molar-refractivity contribution in [1.82, 2.24) is 15.1 Å². The number of nitrogens with zero attached hydrogens (tertiary/aromatic N) is 2. The molecule has 0 amide bonds. The van der Waals surface area contributed by atoms with E-state index in [1.807, 2.05) is 25.1 Å². The fraction of sp³-hybridized carbons (Fsp3) is 0.231. The number of aromatic nitrogens is 2.